The van der Waals surface area contributed by atoms with Gasteiger partial charge in [0.1, 0.15) is 11.5 Å². The van der Waals surface area contributed by atoms with Crippen molar-refractivity contribution in [3.05, 3.63) is 66.2 Å². The molecule has 0 unspecified atom stereocenters. The molecule has 0 atom stereocenters. The van der Waals surface area contributed by atoms with Crippen molar-refractivity contribution in [1.82, 2.24) is 24.3 Å². The first-order valence-electron chi connectivity index (χ1n) is 9.78. The van der Waals surface area contributed by atoms with Crippen LogP contribution in [0, 0.1) is 5.82 Å². The summed E-state index contributed by atoms with van der Waals surface area (Å²) in [7, 11) is 4.16. The minimum atomic E-state index is -0.288. The Morgan fingerprint density at radius 3 is 2.47 bits per heavy atom. The summed E-state index contributed by atoms with van der Waals surface area (Å²) in [5, 5.41) is 0. The molecule has 0 fully saturated rings. The highest BCUT2D eigenvalue weighted by Gasteiger charge is 2.22. The molecule has 0 aliphatic carbocycles. The van der Waals surface area contributed by atoms with E-state index in [1.807, 2.05) is 10.6 Å². The highest BCUT2D eigenvalue weighted by molar-refractivity contribution is 5.80. The summed E-state index contributed by atoms with van der Waals surface area (Å²) < 4.78 is 15.5. The number of nitrogens with two attached hydrogens (primary N) is 1. The number of rotatable bonds is 5. The van der Waals surface area contributed by atoms with E-state index < -0.39 is 0 Å². The number of likely N-dealkylation sites (N-methyl/N-ethyl adjacent to an activating group) is 1. The first-order valence-corrected chi connectivity index (χ1v) is 9.78. The topological polar surface area (TPSA) is 72.3 Å². The van der Waals surface area contributed by atoms with E-state index in [4.69, 9.17) is 10.7 Å². The molecular formula is C23H25FN6. The third-order valence-electron chi connectivity index (χ3n) is 5.57. The molecule has 4 rings (SSSR count). The van der Waals surface area contributed by atoms with Crippen molar-refractivity contribution in [2.45, 2.75) is 25.8 Å². The van der Waals surface area contributed by atoms with Crippen LogP contribution in [-0.2, 0) is 6.42 Å². The zero-order valence-electron chi connectivity index (χ0n) is 17.6. The summed E-state index contributed by atoms with van der Waals surface area (Å²) in [5.41, 5.74) is 10.8. The van der Waals surface area contributed by atoms with Gasteiger partial charge in [-0.25, -0.2) is 19.3 Å². The average molecular weight is 404 g/mol. The van der Waals surface area contributed by atoms with E-state index in [2.05, 4.69) is 54.9 Å². The zero-order valence-corrected chi connectivity index (χ0v) is 17.6. The summed E-state index contributed by atoms with van der Waals surface area (Å²) in [6.45, 7) is 4.42. The van der Waals surface area contributed by atoms with E-state index in [-0.39, 0.29) is 17.3 Å². The molecule has 0 aliphatic heterocycles. The Hall–Kier alpha value is -3.32. The fourth-order valence-corrected chi connectivity index (χ4v) is 3.41. The fourth-order valence-electron chi connectivity index (χ4n) is 3.41. The van der Waals surface area contributed by atoms with Crippen molar-refractivity contribution in [3.8, 4) is 22.6 Å². The number of benzene rings is 1. The average Bonchev–Trinajstić information content (AvgIpc) is 3.06. The Morgan fingerprint density at radius 1 is 1.07 bits per heavy atom. The summed E-state index contributed by atoms with van der Waals surface area (Å²) in [4.78, 5) is 15.5. The summed E-state index contributed by atoms with van der Waals surface area (Å²) in [6, 6.07) is 12.3. The summed E-state index contributed by atoms with van der Waals surface area (Å²) in [5.74, 6) is -0.0968. The molecule has 4 aromatic rings. The number of fused-ring (bicyclic) bond motifs is 1. The second-order valence-corrected chi connectivity index (χ2v) is 8.26. The number of nitrogen functional groups attached to an aromatic ring is 1. The number of imidazole rings is 1. The molecule has 0 aliphatic rings. The van der Waals surface area contributed by atoms with E-state index in [1.165, 1.54) is 17.7 Å². The highest BCUT2D eigenvalue weighted by Crippen LogP contribution is 2.32. The number of halogens is 1. The molecule has 3 heterocycles. The van der Waals surface area contributed by atoms with Gasteiger partial charge in [-0.3, -0.25) is 4.40 Å². The lowest BCUT2D eigenvalue weighted by Gasteiger charge is -2.32. The molecule has 0 spiro atoms. The van der Waals surface area contributed by atoms with Crippen LogP contribution in [0.2, 0.25) is 0 Å². The van der Waals surface area contributed by atoms with Crippen molar-refractivity contribution in [3.63, 3.8) is 0 Å². The van der Waals surface area contributed by atoms with E-state index in [0.29, 0.717) is 5.69 Å². The van der Waals surface area contributed by atoms with Gasteiger partial charge in [0.2, 0.25) is 5.95 Å². The van der Waals surface area contributed by atoms with Crippen LogP contribution < -0.4 is 5.73 Å². The van der Waals surface area contributed by atoms with Crippen LogP contribution in [0.1, 0.15) is 19.4 Å². The van der Waals surface area contributed by atoms with Gasteiger partial charge >= 0.3 is 0 Å². The molecule has 0 radical (unpaired) electrons. The lowest BCUT2D eigenvalue weighted by molar-refractivity contribution is 0.195. The normalized spacial score (nSPS) is 12.1. The maximum atomic E-state index is 13.5. The van der Waals surface area contributed by atoms with E-state index in [9.17, 15) is 4.39 Å². The SMILES string of the molecule is CN(C)C(C)(C)Cc1ccn2c(-c3ccnc(N)n3)c(-c3ccc(F)cc3)nc2c1. The third-order valence-corrected chi connectivity index (χ3v) is 5.57. The summed E-state index contributed by atoms with van der Waals surface area (Å²) in [6.07, 6.45) is 4.51. The maximum Gasteiger partial charge on any atom is 0.220 e. The Bertz CT molecular complexity index is 1190. The molecule has 2 N–H and O–H groups in total. The second kappa shape index (κ2) is 7.50. The van der Waals surface area contributed by atoms with E-state index in [1.54, 1.807) is 24.4 Å². The number of aromatic nitrogens is 4. The van der Waals surface area contributed by atoms with Crippen LogP contribution in [0.5, 0.6) is 0 Å². The molecule has 30 heavy (non-hydrogen) atoms. The molecule has 154 valence electrons. The Labute approximate surface area is 175 Å². The van der Waals surface area contributed by atoms with Gasteiger partial charge in [-0.15, -0.1) is 0 Å². The lowest BCUT2D eigenvalue weighted by Crippen LogP contribution is -2.40. The smallest absolute Gasteiger partial charge is 0.220 e. The van der Waals surface area contributed by atoms with Crippen LogP contribution in [0.15, 0.2) is 54.9 Å². The minimum absolute atomic E-state index is 0.00859. The largest absolute Gasteiger partial charge is 0.368 e. The molecule has 6 nitrogen and oxygen atoms in total. The van der Waals surface area contributed by atoms with Gasteiger partial charge in [-0.1, -0.05) is 0 Å². The van der Waals surface area contributed by atoms with Crippen LogP contribution >= 0.6 is 0 Å². The molecule has 0 bridgehead atoms. The van der Waals surface area contributed by atoms with Crippen LogP contribution in [-0.4, -0.2) is 43.9 Å². The molecular weight excluding hydrogens is 379 g/mol. The Balaban J connectivity index is 1.90. The maximum absolute atomic E-state index is 13.5. The van der Waals surface area contributed by atoms with Crippen LogP contribution in [0.25, 0.3) is 28.3 Å². The molecule has 0 saturated heterocycles. The molecule has 7 heteroatoms. The first kappa shape index (κ1) is 20.0. The molecule has 1 aromatic carbocycles. The minimum Gasteiger partial charge on any atom is -0.368 e. The van der Waals surface area contributed by atoms with Crippen molar-refractivity contribution in [2.75, 3.05) is 19.8 Å². The van der Waals surface area contributed by atoms with Gasteiger partial charge in [-0.05, 0) is 82.4 Å². The van der Waals surface area contributed by atoms with Gasteiger partial charge in [0.15, 0.2) is 0 Å². The van der Waals surface area contributed by atoms with Crippen molar-refractivity contribution in [1.29, 1.82) is 0 Å². The Morgan fingerprint density at radius 2 is 1.80 bits per heavy atom. The van der Waals surface area contributed by atoms with Crippen molar-refractivity contribution in [2.24, 2.45) is 0 Å². The van der Waals surface area contributed by atoms with Crippen LogP contribution in [0.3, 0.4) is 0 Å². The number of hydrogen-bond acceptors (Lipinski definition) is 5. The van der Waals surface area contributed by atoms with Gasteiger partial charge in [0.25, 0.3) is 0 Å². The third kappa shape index (κ3) is 3.76. The molecule has 3 aromatic heterocycles. The fraction of sp³-hybridized carbons (Fsp3) is 0.261. The number of nitrogens with zero attached hydrogens (tertiary/aromatic N) is 5. The number of hydrogen-bond donors (Lipinski definition) is 1. The highest BCUT2D eigenvalue weighted by atomic mass is 19.1. The predicted molar refractivity (Wildman–Crippen MR) is 117 cm³/mol. The quantitative estimate of drug-likeness (QED) is 0.543. The second-order valence-electron chi connectivity index (χ2n) is 8.26. The Kier molecular flexibility index (Phi) is 4.99. The van der Waals surface area contributed by atoms with Gasteiger partial charge in [0.05, 0.1) is 17.1 Å². The van der Waals surface area contributed by atoms with Crippen LogP contribution in [0.4, 0.5) is 10.3 Å². The van der Waals surface area contributed by atoms with Gasteiger partial charge in [0, 0.05) is 23.5 Å². The predicted octanol–water partition coefficient (Wildman–Crippen LogP) is 4.06. The standard InChI is InChI=1S/C23H25FN6/c1-23(2,29(3)4)14-15-10-12-30-19(13-15)28-20(16-5-7-17(24)8-6-16)21(30)18-9-11-26-22(25)27-18/h5-13H,14H2,1-4H3,(H2,25,26,27). The van der Waals surface area contributed by atoms with Gasteiger partial charge < -0.3 is 10.6 Å². The van der Waals surface area contributed by atoms with E-state index in [0.717, 1.165) is 29.0 Å². The molecule has 0 saturated carbocycles. The van der Waals surface area contributed by atoms with E-state index >= 15 is 0 Å². The van der Waals surface area contributed by atoms with Crippen molar-refractivity contribution >= 4 is 11.6 Å². The first-order chi connectivity index (χ1) is 14.2. The zero-order chi connectivity index (χ0) is 21.5. The lowest BCUT2D eigenvalue weighted by atomic mass is 9.94. The van der Waals surface area contributed by atoms with Gasteiger partial charge in [-0.2, -0.15) is 0 Å². The summed E-state index contributed by atoms with van der Waals surface area (Å²) >= 11 is 0. The van der Waals surface area contributed by atoms with Crippen molar-refractivity contribution < 1.29 is 4.39 Å². The molecule has 0 amide bonds. The number of anilines is 1. The monoisotopic (exact) mass is 404 g/mol. The number of pyridine rings is 1.